The van der Waals surface area contributed by atoms with Crippen molar-refractivity contribution in [2.45, 2.75) is 19.3 Å². The predicted molar refractivity (Wildman–Crippen MR) is 52.2 cm³/mol. The van der Waals surface area contributed by atoms with E-state index in [1.165, 1.54) is 0 Å². The summed E-state index contributed by atoms with van der Waals surface area (Å²) in [6.45, 7) is 1.01. The molecule has 2 rings (SSSR count). The zero-order valence-electron chi connectivity index (χ0n) is 8.83. The van der Waals surface area contributed by atoms with Crippen molar-refractivity contribution in [3.05, 3.63) is 11.6 Å². The average Bonchev–Trinajstić information content (AvgIpc) is 2.58. The standard InChI is InChI=1S/C8H11F3N6/c9-8(10,11)7-15-14-6-4-16(3-5(12)13)1-2-17(6)7/h1-4H2,(H3,12,13). The van der Waals surface area contributed by atoms with Gasteiger partial charge in [-0.2, -0.15) is 13.2 Å². The van der Waals surface area contributed by atoms with E-state index in [0.29, 0.717) is 6.54 Å². The van der Waals surface area contributed by atoms with E-state index >= 15 is 0 Å². The minimum Gasteiger partial charge on any atom is -0.387 e. The molecule has 0 aliphatic carbocycles. The summed E-state index contributed by atoms with van der Waals surface area (Å²) in [6.07, 6.45) is -4.48. The van der Waals surface area contributed by atoms with E-state index in [-0.39, 0.29) is 31.3 Å². The summed E-state index contributed by atoms with van der Waals surface area (Å²) >= 11 is 0. The summed E-state index contributed by atoms with van der Waals surface area (Å²) in [5, 5.41) is 13.8. The van der Waals surface area contributed by atoms with Crippen molar-refractivity contribution in [3.63, 3.8) is 0 Å². The maximum Gasteiger partial charge on any atom is 0.451 e. The molecule has 0 amide bonds. The van der Waals surface area contributed by atoms with Crippen LogP contribution in [-0.4, -0.2) is 38.6 Å². The molecule has 0 fully saturated rings. The number of hydrogen-bond acceptors (Lipinski definition) is 4. The summed E-state index contributed by atoms with van der Waals surface area (Å²) in [7, 11) is 0. The van der Waals surface area contributed by atoms with Crippen molar-refractivity contribution >= 4 is 5.84 Å². The third-order valence-corrected chi connectivity index (χ3v) is 2.48. The number of rotatable bonds is 2. The smallest absolute Gasteiger partial charge is 0.387 e. The van der Waals surface area contributed by atoms with Crippen LogP contribution < -0.4 is 5.73 Å². The molecule has 0 saturated heterocycles. The Labute approximate surface area is 94.7 Å². The van der Waals surface area contributed by atoms with Gasteiger partial charge < -0.3 is 10.3 Å². The molecule has 1 aromatic rings. The first-order chi connectivity index (χ1) is 7.88. The second-order valence-electron chi connectivity index (χ2n) is 3.83. The predicted octanol–water partition coefficient (Wildman–Crippen LogP) is 0.0485. The highest BCUT2D eigenvalue weighted by Gasteiger charge is 2.39. The van der Waals surface area contributed by atoms with Crippen LogP contribution in [0, 0.1) is 5.41 Å². The number of alkyl halides is 3. The van der Waals surface area contributed by atoms with Crippen molar-refractivity contribution in [2.24, 2.45) is 5.73 Å². The molecule has 2 heterocycles. The fourth-order valence-electron chi connectivity index (χ4n) is 1.79. The van der Waals surface area contributed by atoms with Gasteiger partial charge in [0.2, 0.25) is 5.82 Å². The Bertz CT molecular complexity index is 437. The number of aromatic nitrogens is 3. The molecule has 17 heavy (non-hydrogen) atoms. The van der Waals surface area contributed by atoms with E-state index in [1.807, 2.05) is 0 Å². The van der Waals surface area contributed by atoms with Gasteiger partial charge >= 0.3 is 6.18 Å². The molecule has 1 aliphatic rings. The monoisotopic (exact) mass is 248 g/mol. The van der Waals surface area contributed by atoms with Crippen LogP contribution in [0.25, 0.3) is 0 Å². The first kappa shape index (κ1) is 11.8. The molecule has 3 N–H and O–H groups in total. The van der Waals surface area contributed by atoms with Crippen LogP contribution in [0.1, 0.15) is 11.6 Å². The normalized spacial score (nSPS) is 16.9. The molecule has 9 heteroatoms. The highest BCUT2D eigenvalue weighted by atomic mass is 19.4. The Kier molecular flexibility index (Phi) is 2.77. The first-order valence-electron chi connectivity index (χ1n) is 4.92. The minimum absolute atomic E-state index is 0.0194. The van der Waals surface area contributed by atoms with Gasteiger partial charge in [-0.25, -0.2) is 0 Å². The van der Waals surface area contributed by atoms with Gasteiger partial charge in [-0.3, -0.25) is 10.3 Å². The van der Waals surface area contributed by atoms with Crippen LogP contribution in [0.5, 0.6) is 0 Å². The second-order valence-corrected chi connectivity index (χ2v) is 3.83. The molecular formula is C8H11F3N6. The van der Waals surface area contributed by atoms with Gasteiger partial charge in [0.1, 0.15) is 11.7 Å². The van der Waals surface area contributed by atoms with Crippen LogP contribution in [0.4, 0.5) is 13.2 Å². The number of fused-ring (bicyclic) bond motifs is 1. The highest BCUT2D eigenvalue weighted by Crippen LogP contribution is 2.29. The Balaban J connectivity index is 2.19. The highest BCUT2D eigenvalue weighted by molar-refractivity contribution is 5.78. The molecule has 94 valence electrons. The van der Waals surface area contributed by atoms with Gasteiger partial charge in [0.25, 0.3) is 0 Å². The van der Waals surface area contributed by atoms with Gasteiger partial charge in [0.05, 0.1) is 13.1 Å². The van der Waals surface area contributed by atoms with Gasteiger partial charge in [0, 0.05) is 13.1 Å². The maximum atomic E-state index is 12.5. The first-order valence-corrected chi connectivity index (χ1v) is 4.92. The SMILES string of the molecule is N=C(N)CN1CCn2c(nnc2C(F)(F)F)C1. The van der Waals surface area contributed by atoms with Crippen LogP contribution in [0.15, 0.2) is 0 Å². The molecule has 0 aromatic carbocycles. The van der Waals surface area contributed by atoms with Crippen molar-refractivity contribution in [1.29, 1.82) is 5.41 Å². The van der Waals surface area contributed by atoms with Crippen LogP contribution in [0.2, 0.25) is 0 Å². The van der Waals surface area contributed by atoms with E-state index in [9.17, 15) is 13.2 Å². The topological polar surface area (TPSA) is 83.8 Å². The van der Waals surface area contributed by atoms with Crippen molar-refractivity contribution < 1.29 is 13.2 Å². The van der Waals surface area contributed by atoms with Crippen molar-refractivity contribution in [2.75, 3.05) is 13.1 Å². The lowest BCUT2D eigenvalue weighted by molar-refractivity contribution is -0.148. The van der Waals surface area contributed by atoms with Gasteiger partial charge in [-0.1, -0.05) is 0 Å². The number of halogens is 3. The maximum absolute atomic E-state index is 12.5. The van der Waals surface area contributed by atoms with Crippen LogP contribution in [0.3, 0.4) is 0 Å². The lowest BCUT2D eigenvalue weighted by atomic mass is 10.3. The second kappa shape index (κ2) is 3.99. The molecule has 0 radical (unpaired) electrons. The quantitative estimate of drug-likeness (QED) is 0.572. The van der Waals surface area contributed by atoms with E-state index in [2.05, 4.69) is 10.2 Å². The van der Waals surface area contributed by atoms with Crippen molar-refractivity contribution in [1.82, 2.24) is 19.7 Å². The zero-order chi connectivity index (χ0) is 12.6. The van der Waals surface area contributed by atoms with Crippen LogP contribution >= 0.6 is 0 Å². The number of nitrogens with one attached hydrogen (secondary N) is 1. The lowest BCUT2D eigenvalue weighted by Gasteiger charge is -2.27. The third-order valence-electron chi connectivity index (χ3n) is 2.48. The molecule has 6 nitrogen and oxygen atoms in total. The molecule has 1 aliphatic heterocycles. The van der Waals surface area contributed by atoms with Crippen LogP contribution in [-0.2, 0) is 19.3 Å². The number of nitrogens with two attached hydrogens (primary N) is 1. The van der Waals surface area contributed by atoms with E-state index in [4.69, 9.17) is 11.1 Å². The van der Waals surface area contributed by atoms with E-state index < -0.39 is 12.0 Å². The summed E-state index contributed by atoms with van der Waals surface area (Å²) < 4.78 is 38.6. The summed E-state index contributed by atoms with van der Waals surface area (Å²) in [6, 6.07) is 0. The van der Waals surface area contributed by atoms with Gasteiger partial charge in [-0.15, -0.1) is 10.2 Å². The fraction of sp³-hybridized carbons (Fsp3) is 0.625. The Hall–Kier alpha value is -1.64. The zero-order valence-corrected chi connectivity index (χ0v) is 8.83. The molecule has 0 atom stereocenters. The largest absolute Gasteiger partial charge is 0.451 e. The fourth-order valence-corrected chi connectivity index (χ4v) is 1.79. The minimum atomic E-state index is -4.48. The lowest BCUT2D eigenvalue weighted by Crippen LogP contribution is -2.40. The molecule has 0 spiro atoms. The average molecular weight is 248 g/mol. The van der Waals surface area contributed by atoms with Gasteiger partial charge in [0.15, 0.2) is 0 Å². The molecule has 0 bridgehead atoms. The molecule has 0 saturated carbocycles. The number of hydrogen-bond donors (Lipinski definition) is 2. The van der Waals surface area contributed by atoms with E-state index in [0.717, 1.165) is 4.57 Å². The number of nitrogens with zero attached hydrogens (tertiary/aromatic N) is 4. The summed E-state index contributed by atoms with van der Waals surface area (Å²) in [5.74, 6) is -0.728. The van der Waals surface area contributed by atoms with E-state index in [1.54, 1.807) is 4.90 Å². The molecular weight excluding hydrogens is 237 g/mol. The Morgan fingerprint density at radius 3 is 2.65 bits per heavy atom. The van der Waals surface area contributed by atoms with Gasteiger partial charge in [-0.05, 0) is 0 Å². The Morgan fingerprint density at radius 2 is 2.06 bits per heavy atom. The number of amidine groups is 1. The molecule has 0 unspecified atom stereocenters. The Morgan fingerprint density at radius 1 is 1.35 bits per heavy atom. The molecule has 1 aromatic heterocycles. The third kappa shape index (κ3) is 2.38. The van der Waals surface area contributed by atoms with Crippen molar-refractivity contribution in [3.8, 4) is 0 Å². The summed E-state index contributed by atoms with van der Waals surface area (Å²) in [4.78, 5) is 1.76. The summed E-state index contributed by atoms with van der Waals surface area (Å²) in [5.41, 5.74) is 5.24.